The largest absolute Gasteiger partial charge is 0.507 e. The van der Waals surface area contributed by atoms with Gasteiger partial charge in [0.05, 0.1) is 24.4 Å². The summed E-state index contributed by atoms with van der Waals surface area (Å²) in [4.78, 5) is 57.7. The Hall–Kier alpha value is -6.20. The second kappa shape index (κ2) is 15.4. The van der Waals surface area contributed by atoms with Gasteiger partial charge >= 0.3 is 12.1 Å². The van der Waals surface area contributed by atoms with Crippen LogP contribution in [0.25, 0.3) is 5.76 Å². The molecule has 0 spiro atoms. The molecule has 0 unspecified atom stereocenters. The zero-order valence-electron chi connectivity index (χ0n) is 32.7. The highest BCUT2D eigenvalue weighted by Gasteiger charge is 2.65. The van der Waals surface area contributed by atoms with Gasteiger partial charge in [-0.25, -0.2) is 0 Å². The third-order valence-electron chi connectivity index (χ3n) is 11.8. The number of benzene rings is 3. The second-order valence-electron chi connectivity index (χ2n) is 15.6. The number of carbonyl (C=O) groups excluding carboxylic acids is 4. The minimum absolute atomic E-state index is 0.00417. The number of nitrogens with one attached hydrogen (secondary N) is 1. The van der Waals surface area contributed by atoms with Crippen molar-refractivity contribution in [1.29, 1.82) is 0 Å². The molecule has 1 aliphatic heterocycles. The average Bonchev–Trinajstić information content (AvgIpc) is 3.89. The van der Waals surface area contributed by atoms with Crippen LogP contribution in [0.5, 0.6) is 17.4 Å². The first-order valence-electron chi connectivity index (χ1n) is 19.3. The lowest BCUT2D eigenvalue weighted by Crippen LogP contribution is -2.63. The molecule has 1 saturated carbocycles. The van der Waals surface area contributed by atoms with Gasteiger partial charge in [-0.05, 0) is 62.0 Å². The summed E-state index contributed by atoms with van der Waals surface area (Å²) in [6.07, 6.45) is -5.04. The first-order valence-corrected chi connectivity index (χ1v) is 19.3. The Labute approximate surface area is 341 Å². The predicted octanol–water partition coefficient (Wildman–Crippen LogP) is 5.59. The number of hydrogen-bond donors (Lipinski definition) is 3. The predicted molar refractivity (Wildman–Crippen MR) is 206 cm³/mol. The molecule has 60 heavy (non-hydrogen) atoms. The van der Waals surface area contributed by atoms with Crippen LogP contribution in [0.4, 0.5) is 18.9 Å². The van der Waals surface area contributed by atoms with Crippen LogP contribution >= 0.6 is 0 Å². The number of nitrogens with zero attached hydrogens (tertiary/aromatic N) is 3. The molecule has 4 aromatic rings. The van der Waals surface area contributed by atoms with E-state index in [2.05, 4.69) is 10.5 Å². The number of aliphatic hydroxyl groups excluding tert-OH is 1. The van der Waals surface area contributed by atoms with E-state index in [1.165, 1.54) is 13.2 Å². The summed E-state index contributed by atoms with van der Waals surface area (Å²) in [5, 5.41) is 31.5. The minimum atomic E-state index is -5.20. The van der Waals surface area contributed by atoms with Crippen LogP contribution < -0.4 is 19.5 Å². The van der Waals surface area contributed by atoms with E-state index in [9.17, 15) is 42.6 Å². The number of hydrogen-bond acceptors (Lipinski definition) is 12. The van der Waals surface area contributed by atoms with Gasteiger partial charge in [0.25, 0.3) is 5.88 Å². The Morgan fingerprint density at radius 2 is 1.65 bits per heavy atom. The smallest absolute Gasteiger partial charge is 0.471 e. The lowest BCUT2D eigenvalue weighted by atomic mass is 9.57. The molecular formula is C43H41F3N4O10. The summed E-state index contributed by atoms with van der Waals surface area (Å²) in [5.41, 5.74) is -1.58. The Balaban J connectivity index is 1.22. The fraction of sp³-hybridized carbons (Fsp3) is 0.372. The molecule has 1 saturated heterocycles. The molecule has 2 fully saturated rings. The van der Waals surface area contributed by atoms with Gasteiger partial charge in [-0.3, -0.25) is 24.1 Å². The normalized spacial score (nSPS) is 23.4. The number of alkyl halides is 3. The third kappa shape index (κ3) is 6.74. The Kier molecular flexibility index (Phi) is 10.4. The van der Waals surface area contributed by atoms with Crippen molar-refractivity contribution in [3.05, 3.63) is 106 Å². The van der Waals surface area contributed by atoms with Crippen molar-refractivity contribution in [1.82, 2.24) is 15.0 Å². The standard InChI is InChI=1S/C43H41F3N4O10/c1-49(2)33-26-18-24-17-25-29(57-3)19-27(47-39(54)28-15-10-16-50(28)41(55)43(44,45)46)35(58-20-22-11-6-4-7-12-22)31(25)34(51)30(24)37(52)42(26,56)38(53)32-36(33)60-48-40(32)59-21-23-13-8-5-9-14-23/h4-9,11-14,19,24,26,28,33,51,56H,10,15-18,20-21H2,1-3H3,(H,47,54)/t24-,26-,28-,33-,42-/m0/s1. The van der Waals surface area contributed by atoms with Crippen LogP contribution in [0.15, 0.2) is 76.8 Å². The van der Waals surface area contributed by atoms with Crippen molar-refractivity contribution in [3.8, 4) is 17.4 Å². The number of amides is 2. The Bertz CT molecular complexity index is 2400. The lowest BCUT2D eigenvalue weighted by Gasteiger charge is -2.49. The number of rotatable bonds is 10. The van der Waals surface area contributed by atoms with Crippen LogP contribution in [0.2, 0.25) is 0 Å². The van der Waals surface area contributed by atoms with Crippen molar-refractivity contribution < 1.29 is 61.3 Å². The Morgan fingerprint density at radius 1 is 1.00 bits per heavy atom. The molecule has 3 aliphatic carbocycles. The summed E-state index contributed by atoms with van der Waals surface area (Å²) in [7, 11) is 4.76. The van der Waals surface area contributed by atoms with Crippen molar-refractivity contribution in [2.24, 2.45) is 11.8 Å². The number of carbonyl (C=O) groups is 4. The second-order valence-corrected chi connectivity index (χ2v) is 15.6. The molecule has 5 atom stereocenters. The van der Waals surface area contributed by atoms with Gasteiger partial charge in [0, 0.05) is 29.7 Å². The highest BCUT2D eigenvalue weighted by molar-refractivity contribution is 6.26. The SMILES string of the molecule is COc1cc(NC(=O)[C@@H]2CCCN2C(=O)C(F)(F)F)c(OCc2ccccc2)c2c1C[C@H]1C[C@H]3[C@H](N(C)C)c4onc(OCc5ccccc5)c4C(=O)[C@@]3(O)C(=O)C1=C2O. The van der Waals surface area contributed by atoms with E-state index in [4.69, 9.17) is 18.7 Å². The van der Waals surface area contributed by atoms with Gasteiger partial charge in [0.1, 0.15) is 36.3 Å². The van der Waals surface area contributed by atoms with Gasteiger partial charge < -0.3 is 39.2 Å². The molecule has 3 N–H and O–H groups in total. The summed E-state index contributed by atoms with van der Waals surface area (Å²) in [6, 6.07) is 17.0. The van der Waals surface area contributed by atoms with Crippen LogP contribution in [0.3, 0.4) is 0 Å². The van der Waals surface area contributed by atoms with Gasteiger partial charge in [-0.2, -0.15) is 13.2 Å². The molecule has 0 bridgehead atoms. The number of aromatic nitrogens is 1. The number of methoxy groups -OCH3 is 1. The van der Waals surface area contributed by atoms with Crippen LogP contribution in [-0.4, -0.2) is 94.1 Å². The van der Waals surface area contributed by atoms with Gasteiger partial charge in [-0.15, -0.1) is 0 Å². The molecule has 8 rings (SSSR count). The summed E-state index contributed by atoms with van der Waals surface area (Å²) in [5.74, 6) is -7.72. The zero-order valence-corrected chi connectivity index (χ0v) is 32.7. The van der Waals surface area contributed by atoms with Gasteiger partial charge in [0.15, 0.2) is 17.1 Å². The summed E-state index contributed by atoms with van der Waals surface area (Å²) < 4.78 is 64.2. The summed E-state index contributed by atoms with van der Waals surface area (Å²) in [6.45, 7) is -0.405. The highest BCUT2D eigenvalue weighted by Crippen LogP contribution is 2.57. The highest BCUT2D eigenvalue weighted by atomic mass is 19.4. The molecule has 1 aromatic heterocycles. The molecule has 14 nitrogen and oxygen atoms in total. The van der Waals surface area contributed by atoms with E-state index in [0.717, 1.165) is 5.56 Å². The van der Waals surface area contributed by atoms with Crippen molar-refractivity contribution in [3.63, 3.8) is 0 Å². The number of ketones is 2. The maximum atomic E-state index is 14.9. The van der Waals surface area contributed by atoms with E-state index < -0.39 is 64.8 Å². The number of Topliss-reactive ketones (excluding diaryl/α,β-unsaturated/α-hetero) is 2. The molecular weight excluding hydrogens is 789 g/mol. The number of aliphatic hydroxyl groups is 2. The number of ether oxygens (including phenoxy) is 3. The van der Waals surface area contributed by atoms with E-state index >= 15 is 0 Å². The molecule has 2 heterocycles. The van der Waals surface area contributed by atoms with Gasteiger partial charge in [-0.1, -0.05) is 60.7 Å². The van der Waals surface area contributed by atoms with E-state index in [1.54, 1.807) is 49.3 Å². The van der Waals surface area contributed by atoms with Crippen molar-refractivity contribution >= 4 is 34.8 Å². The maximum Gasteiger partial charge on any atom is 0.471 e. The number of likely N-dealkylation sites (tertiary alicyclic amines) is 1. The van der Waals surface area contributed by atoms with Crippen molar-refractivity contribution in [2.75, 3.05) is 33.1 Å². The maximum absolute atomic E-state index is 14.9. The zero-order chi connectivity index (χ0) is 42.7. The Morgan fingerprint density at radius 3 is 2.27 bits per heavy atom. The summed E-state index contributed by atoms with van der Waals surface area (Å²) >= 11 is 0. The monoisotopic (exact) mass is 830 g/mol. The fourth-order valence-corrected chi connectivity index (χ4v) is 9.09. The first-order chi connectivity index (χ1) is 28.6. The molecule has 3 aromatic carbocycles. The molecule has 2 amide bonds. The molecule has 0 radical (unpaired) electrons. The topological polar surface area (TPSA) is 181 Å². The average molecular weight is 831 g/mol. The lowest BCUT2D eigenvalue weighted by molar-refractivity contribution is -0.186. The molecule has 4 aliphatic rings. The molecule has 17 heteroatoms. The number of halogens is 3. The number of fused-ring (bicyclic) bond motifs is 4. The van der Waals surface area contributed by atoms with Crippen molar-refractivity contribution in [2.45, 2.75) is 62.8 Å². The van der Waals surface area contributed by atoms with Gasteiger partial charge in [0.2, 0.25) is 17.5 Å². The minimum Gasteiger partial charge on any atom is -0.507 e. The number of anilines is 1. The van der Waals surface area contributed by atoms with E-state index in [1.807, 2.05) is 30.3 Å². The van der Waals surface area contributed by atoms with E-state index in [0.29, 0.717) is 16.0 Å². The van der Waals surface area contributed by atoms with E-state index in [-0.39, 0.29) is 91.0 Å². The quantitative estimate of drug-likeness (QED) is 0.169. The first kappa shape index (κ1) is 40.6. The van der Waals surface area contributed by atoms with Crippen LogP contribution in [0.1, 0.15) is 63.7 Å². The van der Waals surface area contributed by atoms with Crippen LogP contribution in [0, 0.1) is 11.8 Å². The third-order valence-corrected chi connectivity index (χ3v) is 11.8. The molecule has 314 valence electrons. The van der Waals surface area contributed by atoms with Crippen LogP contribution in [-0.2, 0) is 34.0 Å². The fourth-order valence-electron chi connectivity index (χ4n) is 9.09.